The fraction of sp³-hybridized carbons (Fsp3) is 0.889. The Balaban J connectivity index is 4.63. The first-order chi connectivity index (χ1) is 5.97. The second kappa shape index (κ2) is 3.87. The minimum absolute atomic E-state index is 0.173. The van der Waals surface area contributed by atoms with Gasteiger partial charge in [0.05, 0.1) is 17.2 Å². The molecule has 0 heterocycles. The van der Waals surface area contributed by atoms with E-state index in [0.29, 0.717) is 0 Å². The van der Waals surface area contributed by atoms with Crippen molar-refractivity contribution in [2.24, 2.45) is 5.41 Å². The minimum atomic E-state index is -3.38. The van der Waals surface area contributed by atoms with Gasteiger partial charge in [0, 0.05) is 5.54 Å². The van der Waals surface area contributed by atoms with E-state index in [-0.39, 0.29) is 5.75 Å². The van der Waals surface area contributed by atoms with Gasteiger partial charge in [-0.2, -0.15) is 5.26 Å². The van der Waals surface area contributed by atoms with E-state index in [1.54, 1.807) is 34.6 Å². The summed E-state index contributed by atoms with van der Waals surface area (Å²) in [5, 5.41) is 8.71. The average molecular weight is 218 g/mol. The molecule has 0 spiro atoms. The highest BCUT2D eigenvalue weighted by Gasteiger charge is 2.28. The van der Waals surface area contributed by atoms with Gasteiger partial charge in [-0.3, -0.25) is 0 Å². The van der Waals surface area contributed by atoms with Crippen LogP contribution in [0.3, 0.4) is 0 Å². The lowest BCUT2D eigenvalue weighted by Gasteiger charge is -2.23. The first kappa shape index (κ1) is 13.4. The Bertz CT molecular complexity index is 331. The van der Waals surface area contributed by atoms with Crippen molar-refractivity contribution >= 4 is 10.0 Å². The molecule has 82 valence electrons. The lowest BCUT2D eigenvalue weighted by atomic mass is 10.00. The van der Waals surface area contributed by atoms with Gasteiger partial charge in [-0.1, -0.05) is 0 Å². The molecule has 0 atom stereocenters. The molecule has 0 amide bonds. The summed E-state index contributed by atoms with van der Waals surface area (Å²) < 4.78 is 25.6. The van der Waals surface area contributed by atoms with E-state index < -0.39 is 21.0 Å². The van der Waals surface area contributed by atoms with Crippen LogP contribution in [0.15, 0.2) is 0 Å². The zero-order valence-corrected chi connectivity index (χ0v) is 10.2. The highest BCUT2D eigenvalue weighted by molar-refractivity contribution is 7.89. The lowest BCUT2D eigenvalue weighted by molar-refractivity contribution is 0.473. The average Bonchev–Trinajstić information content (AvgIpc) is 1.78. The molecule has 0 fully saturated rings. The van der Waals surface area contributed by atoms with Crippen molar-refractivity contribution in [3.05, 3.63) is 0 Å². The van der Waals surface area contributed by atoms with Crippen molar-refractivity contribution in [1.82, 2.24) is 4.72 Å². The fourth-order valence-electron chi connectivity index (χ4n) is 1.01. The standard InChI is InChI=1S/C9H18N2O2S/c1-8(2,3)11-14(12,13)7-9(4,5)6-10/h11H,7H2,1-5H3. The van der Waals surface area contributed by atoms with Crippen LogP contribution in [0, 0.1) is 16.7 Å². The second-order valence-corrected chi connectivity index (χ2v) is 6.83. The maximum Gasteiger partial charge on any atom is 0.213 e. The number of rotatable bonds is 3. The van der Waals surface area contributed by atoms with Crippen LogP contribution < -0.4 is 4.72 Å². The summed E-state index contributed by atoms with van der Waals surface area (Å²) >= 11 is 0. The highest BCUT2D eigenvalue weighted by atomic mass is 32.2. The molecule has 0 aliphatic carbocycles. The van der Waals surface area contributed by atoms with Gasteiger partial charge in [0.2, 0.25) is 10.0 Å². The van der Waals surface area contributed by atoms with E-state index in [2.05, 4.69) is 4.72 Å². The summed E-state index contributed by atoms with van der Waals surface area (Å²) in [6.45, 7) is 8.52. The third-order valence-corrected chi connectivity index (χ3v) is 3.34. The molecule has 0 aromatic heterocycles. The van der Waals surface area contributed by atoms with Crippen molar-refractivity contribution in [3.8, 4) is 6.07 Å². The van der Waals surface area contributed by atoms with E-state index in [1.165, 1.54) is 0 Å². The molecule has 1 N–H and O–H groups in total. The van der Waals surface area contributed by atoms with Crippen LogP contribution in [0.2, 0.25) is 0 Å². The Labute approximate surface area is 86.4 Å². The number of sulfonamides is 1. The molecule has 0 unspecified atom stereocenters. The molecule has 0 bridgehead atoms. The van der Waals surface area contributed by atoms with Crippen LogP contribution in [0.5, 0.6) is 0 Å². The maximum atomic E-state index is 11.6. The van der Waals surface area contributed by atoms with Gasteiger partial charge in [0.25, 0.3) is 0 Å². The predicted molar refractivity (Wildman–Crippen MR) is 56.1 cm³/mol. The minimum Gasteiger partial charge on any atom is -0.212 e. The van der Waals surface area contributed by atoms with Gasteiger partial charge in [0.15, 0.2) is 0 Å². The molecule has 14 heavy (non-hydrogen) atoms. The van der Waals surface area contributed by atoms with E-state index in [0.717, 1.165) is 0 Å². The first-order valence-electron chi connectivity index (χ1n) is 4.40. The van der Waals surface area contributed by atoms with Crippen LogP contribution in [-0.4, -0.2) is 19.7 Å². The predicted octanol–water partition coefficient (Wildman–Crippen LogP) is 1.25. The van der Waals surface area contributed by atoms with Gasteiger partial charge in [-0.25, -0.2) is 13.1 Å². The van der Waals surface area contributed by atoms with Crippen molar-refractivity contribution in [2.75, 3.05) is 5.75 Å². The van der Waals surface area contributed by atoms with Gasteiger partial charge >= 0.3 is 0 Å². The first-order valence-corrected chi connectivity index (χ1v) is 6.06. The summed E-state index contributed by atoms with van der Waals surface area (Å²) in [6.07, 6.45) is 0. The molecule has 0 rings (SSSR count). The third kappa shape index (κ3) is 5.95. The van der Waals surface area contributed by atoms with Crippen molar-refractivity contribution in [2.45, 2.75) is 40.2 Å². The molecule has 0 saturated heterocycles. The Morgan fingerprint density at radius 3 is 1.93 bits per heavy atom. The van der Waals surface area contributed by atoms with Gasteiger partial charge < -0.3 is 0 Å². The lowest BCUT2D eigenvalue weighted by Crippen LogP contribution is -2.44. The summed E-state index contributed by atoms with van der Waals surface area (Å²) in [5.74, 6) is -0.173. The number of nitrogens with zero attached hydrogens (tertiary/aromatic N) is 1. The smallest absolute Gasteiger partial charge is 0.212 e. The van der Waals surface area contributed by atoms with Crippen molar-refractivity contribution < 1.29 is 8.42 Å². The third-order valence-electron chi connectivity index (χ3n) is 1.32. The highest BCUT2D eigenvalue weighted by Crippen LogP contribution is 2.16. The van der Waals surface area contributed by atoms with Gasteiger partial charge in [-0.05, 0) is 34.6 Å². The number of hydrogen-bond donors (Lipinski definition) is 1. The molecule has 0 radical (unpaired) electrons. The van der Waals surface area contributed by atoms with Crippen LogP contribution in [-0.2, 0) is 10.0 Å². The van der Waals surface area contributed by atoms with E-state index >= 15 is 0 Å². The fourth-order valence-corrected chi connectivity index (χ4v) is 3.03. The van der Waals surface area contributed by atoms with Gasteiger partial charge in [0.1, 0.15) is 0 Å². The molecule has 0 aromatic carbocycles. The quantitative estimate of drug-likeness (QED) is 0.775. The van der Waals surface area contributed by atoms with Crippen molar-refractivity contribution in [1.29, 1.82) is 5.26 Å². The molecule has 0 saturated carbocycles. The van der Waals surface area contributed by atoms with Crippen molar-refractivity contribution in [3.63, 3.8) is 0 Å². The Morgan fingerprint density at radius 2 is 1.64 bits per heavy atom. The molecular formula is C9H18N2O2S. The summed E-state index contributed by atoms with van der Waals surface area (Å²) in [7, 11) is -3.38. The largest absolute Gasteiger partial charge is 0.213 e. The summed E-state index contributed by atoms with van der Waals surface area (Å²) in [4.78, 5) is 0. The second-order valence-electron chi connectivity index (χ2n) is 5.11. The number of nitrogens with one attached hydrogen (secondary N) is 1. The topological polar surface area (TPSA) is 70.0 Å². The zero-order valence-electron chi connectivity index (χ0n) is 9.38. The SMILES string of the molecule is CC(C)(C#N)CS(=O)(=O)NC(C)(C)C. The molecule has 4 nitrogen and oxygen atoms in total. The maximum absolute atomic E-state index is 11.6. The zero-order chi connectivity index (χ0) is 11.6. The summed E-state index contributed by atoms with van der Waals surface area (Å²) in [5.41, 5.74) is -1.35. The van der Waals surface area contributed by atoms with Crippen LogP contribution in [0.25, 0.3) is 0 Å². The number of nitriles is 1. The normalized spacial score (nSPS) is 13.7. The Kier molecular flexibility index (Phi) is 3.71. The summed E-state index contributed by atoms with van der Waals surface area (Å²) in [6, 6.07) is 1.96. The molecule has 0 aliphatic rings. The van der Waals surface area contributed by atoms with Crippen LogP contribution >= 0.6 is 0 Å². The molecule has 0 aromatic rings. The van der Waals surface area contributed by atoms with E-state index in [1.807, 2.05) is 6.07 Å². The molecule has 0 aliphatic heterocycles. The monoisotopic (exact) mass is 218 g/mol. The van der Waals surface area contributed by atoms with E-state index in [9.17, 15) is 8.42 Å². The Hall–Kier alpha value is -0.600. The van der Waals surface area contributed by atoms with Crippen LogP contribution in [0.1, 0.15) is 34.6 Å². The molecule has 5 heteroatoms. The Morgan fingerprint density at radius 1 is 1.21 bits per heavy atom. The van der Waals surface area contributed by atoms with E-state index in [4.69, 9.17) is 5.26 Å². The van der Waals surface area contributed by atoms with Crippen LogP contribution in [0.4, 0.5) is 0 Å². The number of hydrogen-bond acceptors (Lipinski definition) is 3. The molecular weight excluding hydrogens is 200 g/mol. The van der Waals surface area contributed by atoms with Gasteiger partial charge in [-0.15, -0.1) is 0 Å².